The second-order valence-electron chi connectivity index (χ2n) is 1.37. The number of halogens is 1. The lowest BCUT2D eigenvalue weighted by molar-refractivity contribution is 1.03. The molecule has 0 fully saturated rings. The molecule has 3 nitrogen and oxygen atoms in total. The molecule has 0 aliphatic heterocycles. The number of rotatable bonds is 1. The van der Waals surface area contributed by atoms with Gasteiger partial charge in [0.1, 0.15) is 0 Å². The summed E-state index contributed by atoms with van der Waals surface area (Å²) in [6.45, 7) is 3.27. The molecular weight excluding hydrogens is 138 g/mol. The molecule has 1 heterocycles. The summed E-state index contributed by atoms with van der Waals surface area (Å²) in [7, 11) is 0. The number of hydrogen-bond donors (Lipinski definition) is 0. The van der Waals surface area contributed by atoms with Crippen LogP contribution in [0.3, 0.4) is 0 Å². The highest BCUT2D eigenvalue weighted by atomic mass is 35.5. The number of nitrogens with zero attached hydrogens (tertiary/aromatic N) is 3. The topological polar surface area (TPSA) is 38.1 Å². The molecule has 0 aliphatic rings. The van der Waals surface area contributed by atoms with Crippen molar-refractivity contribution in [3.05, 3.63) is 17.3 Å². The van der Waals surface area contributed by atoms with Crippen molar-refractivity contribution < 1.29 is 0 Å². The van der Waals surface area contributed by atoms with E-state index in [0.717, 1.165) is 0 Å². The monoisotopic (exact) mass is 141 g/mol. The van der Waals surface area contributed by atoms with Gasteiger partial charge in [0, 0.05) is 0 Å². The van der Waals surface area contributed by atoms with Gasteiger partial charge in [0.15, 0.2) is 11.0 Å². The van der Waals surface area contributed by atoms with Crippen LogP contribution in [0.15, 0.2) is 17.1 Å². The molecule has 0 aliphatic carbocycles. The normalized spacial score (nSPS) is 9.00. The molecule has 0 amide bonds. The van der Waals surface area contributed by atoms with Crippen molar-refractivity contribution >= 4 is 24.1 Å². The summed E-state index contributed by atoms with van der Waals surface area (Å²) >= 11 is 5.43. The van der Waals surface area contributed by atoms with E-state index in [1.54, 1.807) is 12.1 Å². The molecule has 0 spiro atoms. The van der Waals surface area contributed by atoms with Gasteiger partial charge in [-0.1, -0.05) is 11.6 Å². The maximum atomic E-state index is 5.43. The van der Waals surface area contributed by atoms with Gasteiger partial charge in [-0.15, -0.1) is 10.2 Å². The minimum Gasteiger partial charge on any atom is -0.244 e. The van der Waals surface area contributed by atoms with Gasteiger partial charge < -0.3 is 0 Å². The van der Waals surface area contributed by atoms with Crippen molar-refractivity contribution in [3.8, 4) is 0 Å². The van der Waals surface area contributed by atoms with Crippen molar-refractivity contribution in [2.45, 2.75) is 0 Å². The standard InChI is InChI=1S/C5H4ClN3/c1-7-5-3-2-4(6)8-9-5/h2-3H,1H2. The molecule has 46 valence electrons. The van der Waals surface area contributed by atoms with Gasteiger partial charge in [0.05, 0.1) is 0 Å². The molecule has 9 heavy (non-hydrogen) atoms. The lowest BCUT2D eigenvalue weighted by Gasteiger charge is -1.86. The molecule has 0 saturated heterocycles. The maximum Gasteiger partial charge on any atom is 0.173 e. The van der Waals surface area contributed by atoms with Crippen molar-refractivity contribution in [2.75, 3.05) is 0 Å². The van der Waals surface area contributed by atoms with Crippen LogP contribution in [0, 0.1) is 0 Å². The van der Waals surface area contributed by atoms with Gasteiger partial charge in [0.2, 0.25) is 0 Å². The van der Waals surface area contributed by atoms with Gasteiger partial charge >= 0.3 is 0 Å². The lowest BCUT2D eigenvalue weighted by Crippen LogP contribution is -1.78. The van der Waals surface area contributed by atoms with Gasteiger partial charge in [-0.2, -0.15) is 0 Å². The summed E-state index contributed by atoms with van der Waals surface area (Å²) in [5.74, 6) is 0.486. The van der Waals surface area contributed by atoms with Crippen LogP contribution < -0.4 is 0 Å². The highest BCUT2D eigenvalue weighted by molar-refractivity contribution is 6.29. The van der Waals surface area contributed by atoms with E-state index in [9.17, 15) is 0 Å². The van der Waals surface area contributed by atoms with Gasteiger partial charge in [-0.25, -0.2) is 4.99 Å². The van der Waals surface area contributed by atoms with E-state index in [1.165, 1.54) is 0 Å². The molecule has 0 saturated carbocycles. The Labute approximate surface area is 57.4 Å². The second-order valence-corrected chi connectivity index (χ2v) is 1.76. The number of aromatic nitrogens is 2. The molecule has 4 heteroatoms. The van der Waals surface area contributed by atoms with Gasteiger partial charge in [-0.3, -0.25) is 0 Å². The third-order valence-electron chi connectivity index (χ3n) is 0.780. The zero-order valence-corrected chi connectivity index (χ0v) is 5.34. The fourth-order valence-corrected chi connectivity index (χ4v) is 0.494. The van der Waals surface area contributed by atoms with Gasteiger partial charge in [-0.05, 0) is 18.9 Å². The Kier molecular flexibility index (Phi) is 1.75. The average Bonchev–Trinajstić information content (AvgIpc) is 1.90. The zero-order chi connectivity index (χ0) is 6.69. The molecule has 1 rings (SSSR count). The Morgan fingerprint density at radius 1 is 1.44 bits per heavy atom. The van der Waals surface area contributed by atoms with Crippen LogP contribution in [0.4, 0.5) is 5.82 Å². The maximum absolute atomic E-state index is 5.43. The largest absolute Gasteiger partial charge is 0.244 e. The first kappa shape index (κ1) is 6.16. The molecule has 0 atom stereocenters. The fourth-order valence-electron chi connectivity index (χ4n) is 0.393. The SMILES string of the molecule is C=Nc1ccc(Cl)nn1. The summed E-state index contributed by atoms with van der Waals surface area (Å²) in [4.78, 5) is 3.53. The van der Waals surface area contributed by atoms with Crippen LogP contribution in [-0.4, -0.2) is 16.9 Å². The van der Waals surface area contributed by atoms with Crippen LogP contribution in [0.5, 0.6) is 0 Å². The number of aliphatic imine (C=N–C) groups is 1. The van der Waals surface area contributed by atoms with Gasteiger partial charge in [0.25, 0.3) is 0 Å². The Bertz CT molecular complexity index is 206. The number of hydrogen-bond acceptors (Lipinski definition) is 3. The predicted octanol–water partition coefficient (Wildman–Crippen LogP) is 1.46. The zero-order valence-electron chi connectivity index (χ0n) is 4.58. The third-order valence-corrected chi connectivity index (χ3v) is 0.982. The van der Waals surface area contributed by atoms with Crippen LogP contribution in [-0.2, 0) is 0 Å². The van der Waals surface area contributed by atoms with Crippen molar-refractivity contribution in [1.82, 2.24) is 10.2 Å². The summed E-state index contributed by atoms with van der Waals surface area (Å²) in [6, 6.07) is 3.25. The lowest BCUT2D eigenvalue weighted by atomic mass is 10.5. The third kappa shape index (κ3) is 1.47. The highest BCUT2D eigenvalue weighted by Gasteiger charge is 1.88. The molecule has 0 aromatic carbocycles. The Hall–Kier alpha value is -0.960. The van der Waals surface area contributed by atoms with E-state index in [-0.39, 0.29) is 0 Å². The van der Waals surface area contributed by atoms with E-state index in [4.69, 9.17) is 11.6 Å². The first-order valence-electron chi connectivity index (χ1n) is 2.29. The van der Waals surface area contributed by atoms with Crippen LogP contribution in [0.1, 0.15) is 0 Å². The quantitative estimate of drug-likeness (QED) is 0.556. The Morgan fingerprint density at radius 3 is 2.67 bits per heavy atom. The summed E-state index contributed by atoms with van der Waals surface area (Å²) < 4.78 is 0. The Morgan fingerprint density at radius 2 is 2.22 bits per heavy atom. The fraction of sp³-hybridized carbons (Fsp3) is 0. The molecule has 0 N–H and O–H groups in total. The summed E-state index contributed by atoms with van der Waals surface area (Å²) in [5.41, 5.74) is 0. The predicted molar refractivity (Wildman–Crippen MR) is 36.3 cm³/mol. The van der Waals surface area contributed by atoms with Crippen LogP contribution >= 0.6 is 11.6 Å². The van der Waals surface area contributed by atoms with E-state index in [0.29, 0.717) is 11.0 Å². The second kappa shape index (κ2) is 2.55. The molecule has 1 aromatic rings. The van der Waals surface area contributed by atoms with Crippen LogP contribution in [0.2, 0.25) is 5.15 Å². The highest BCUT2D eigenvalue weighted by Crippen LogP contribution is 2.07. The summed E-state index contributed by atoms with van der Waals surface area (Å²) in [5, 5.41) is 7.48. The van der Waals surface area contributed by atoms with E-state index in [2.05, 4.69) is 21.9 Å². The molecule has 0 bridgehead atoms. The van der Waals surface area contributed by atoms with Crippen molar-refractivity contribution in [1.29, 1.82) is 0 Å². The average molecular weight is 142 g/mol. The summed E-state index contributed by atoms with van der Waals surface area (Å²) in [6.07, 6.45) is 0. The minimum atomic E-state index is 0.363. The first-order chi connectivity index (χ1) is 4.33. The van der Waals surface area contributed by atoms with E-state index >= 15 is 0 Å². The smallest absolute Gasteiger partial charge is 0.173 e. The Balaban J connectivity index is 3.01. The molecule has 0 unspecified atom stereocenters. The molecule has 0 radical (unpaired) electrons. The minimum absolute atomic E-state index is 0.363. The molecular formula is C5H4ClN3. The molecule has 1 aromatic heterocycles. The van der Waals surface area contributed by atoms with E-state index in [1.807, 2.05) is 0 Å². The van der Waals surface area contributed by atoms with Crippen LogP contribution in [0.25, 0.3) is 0 Å². The van der Waals surface area contributed by atoms with Crippen molar-refractivity contribution in [3.63, 3.8) is 0 Å². The van der Waals surface area contributed by atoms with Crippen molar-refractivity contribution in [2.24, 2.45) is 4.99 Å². The first-order valence-corrected chi connectivity index (χ1v) is 2.66. The van der Waals surface area contributed by atoms with E-state index < -0.39 is 0 Å².